The van der Waals surface area contributed by atoms with Crippen LogP contribution < -0.4 is 10.1 Å². The summed E-state index contributed by atoms with van der Waals surface area (Å²) in [5.74, 6) is 1.17. The van der Waals surface area contributed by atoms with Crippen LogP contribution in [0.25, 0.3) is 0 Å². The molecule has 0 saturated heterocycles. The van der Waals surface area contributed by atoms with E-state index in [1.165, 1.54) is 6.26 Å². The van der Waals surface area contributed by atoms with E-state index < -0.39 is 6.10 Å². The minimum absolute atomic E-state index is 0.324. The fourth-order valence-electron chi connectivity index (χ4n) is 1.76. The maximum Gasteiger partial charge on any atom is 0.143 e. The zero-order valence-corrected chi connectivity index (χ0v) is 11.6. The van der Waals surface area contributed by atoms with E-state index >= 15 is 0 Å². The summed E-state index contributed by atoms with van der Waals surface area (Å²) in [7, 11) is 1.58. The first-order chi connectivity index (χ1) is 9.11. The largest absolute Gasteiger partial charge is 0.495 e. The van der Waals surface area contributed by atoms with Crippen molar-refractivity contribution in [1.82, 2.24) is 0 Å². The quantitative estimate of drug-likeness (QED) is 0.882. The highest BCUT2D eigenvalue weighted by molar-refractivity contribution is 6.31. The minimum atomic E-state index is -0.712. The molecule has 5 heteroatoms. The highest BCUT2D eigenvalue weighted by Gasteiger charge is 2.12. The number of methoxy groups -OCH3 is 1. The first kappa shape index (κ1) is 13.8. The molecule has 1 unspecified atom stereocenters. The van der Waals surface area contributed by atoms with E-state index in [0.717, 1.165) is 11.3 Å². The normalized spacial score (nSPS) is 12.2. The Morgan fingerprint density at radius 2 is 2.26 bits per heavy atom. The zero-order valence-electron chi connectivity index (χ0n) is 10.8. The molecule has 1 aromatic heterocycles. The first-order valence-corrected chi connectivity index (χ1v) is 6.29. The highest BCUT2D eigenvalue weighted by atomic mass is 35.5. The molecular formula is C14H16ClNO3. The first-order valence-electron chi connectivity index (χ1n) is 5.91. The number of aryl methyl sites for hydroxylation is 1. The SMILES string of the molecule is COc1cc(Cl)c(C)cc1NCC(O)c1ccco1. The maximum atomic E-state index is 9.94. The molecule has 0 fully saturated rings. The Hall–Kier alpha value is -1.65. The number of aliphatic hydroxyl groups excluding tert-OH is 1. The van der Waals surface area contributed by atoms with Gasteiger partial charge in [-0.25, -0.2) is 0 Å². The van der Waals surface area contributed by atoms with Crippen molar-refractivity contribution in [3.05, 3.63) is 46.9 Å². The topological polar surface area (TPSA) is 54.6 Å². The van der Waals surface area contributed by atoms with Gasteiger partial charge in [-0.1, -0.05) is 11.6 Å². The van der Waals surface area contributed by atoms with Crippen LogP contribution in [0.5, 0.6) is 5.75 Å². The van der Waals surface area contributed by atoms with Crippen LogP contribution in [0, 0.1) is 6.92 Å². The molecule has 0 aliphatic heterocycles. The number of hydrogen-bond acceptors (Lipinski definition) is 4. The molecular weight excluding hydrogens is 266 g/mol. The molecule has 0 bridgehead atoms. The van der Waals surface area contributed by atoms with Crippen LogP contribution in [0.15, 0.2) is 34.9 Å². The van der Waals surface area contributed by atoms with Gasteiger partial charge in [-0.2, -0.15) is 0 Å². The lowest BCUT2D eigenvalue weighted by Crippen LogP contribution is -2.12. The molecule has 1 aromatic carbocycles. The number of rotatable bonds is 5. The van der Waals surface area contributed by atoms with Crippen molar-refractivity contribution in [2.45, 2.75) is 13.0 Å². The van der Waals surface area contributed by atoms with Gasteiger partial charge in [0.05, 0.1) is 19.1 Å². The van der Waals surface area contributed by atoms with Crippen molar-refractivity contribution >= 4 is 17.3 Å². The molecule has 0 aliphatic rings. The standard InChI is InChI=1S/C14H16ClNO3/c1-9-6-11(14(18-2)7-10(9)15)16-8-12(17)13-4-3-5-19-13/h3-7,12,16-17H,8H2,1-2H3. The number of ether oxygens (including phenoxy) is 1. The van der Waals surface area contributed by atoms with Crippen LogP contribution in [0.4, 0.5) is 5.69 Å². The fraction of sp³-hybridized carbons (Fsp3) is 0.286. The predicted molar refractivity (Wildman–Crippen MR) is 74.9 cm³/mol. The molecule has 0 radical (unpaired) electrons. The molecule has 1 heterocycles. The van der Waals surface area contributed by atoms with E-state index in [4.69, 9.17) is 20.8 Å². The van der Waals surface area contributed by atoms with E-state index in [-0.39, 0.29) is 0 Å². The van der Waals surface area contributed by atoms with Crippen LogP contribution in [0.2, 0.25) is 5.02 Å². The lowest BCUT2D eigenvalue weighted by molar-refractivity contribution is 0.162. The van der Waals surface area contributed by atoms with Crippen molar-refractivity contribution in [3.63, 3.8) is 0 Å². The lowest BCUT2D eigenvalue weighted by Gasteiger charge is -2.15. The molecule has 0 aliphatic carbocycles. The molecule has 2 rings (SSSR count). The fourth-order valence-corrected chi connectivity index (χ4v) is 1.91. The molecule has 2 aromatic rings. The van der Waals surface area contributed by atoms with Crippen molar-refractivity contribution in [2.24, 2.45) is 0 Å². The average Bonchev–Trinajstić information content (AvgIpc) is 2.93. The van der Waals surface area contributed by atoms with Crippen molar-refractivity contribution in [3.8, 4) is 5.75 Å². The van der Waals surface area contributed by atoms with Gasteiger partial charge in [0, 0.05) is 17.6 Å². The minimum Gasteiger partial charge on any atom is -0.495 e. The van der Waals surface area contributed by atoms with Gasteiger partial charge in [-0.15, -0.1) is 0 Å². The van der Waals surface area contributed by atoms with E-state index in [9.17, 15) is 5.11 Å². The van der Waals surface area contributed by atoms with Gasteiger partial charge >= 0.3 is 0 Å². The summed E-state index contributed by atoms with van der Waals surface area (Å²) < 4.78 is 10.4. The summed E-state index contributed by atoms with van der Waals surface area (Å²) in [6.45, 7) is 2.24. The Balaban J connectivity index is 2.09. The number of furan rings is 1. The number of aliphatic hydroxyl groups is 1. The Bertz CT molecular complexity index is 540. The van der Waals surface area contributed by atoms with Crippen LogP contribution in [-0.2, 0) is 0 Å². The Morgan fingerprint density at radius 1 is 1.47 bits per heavy atom. The van der Waals surface area contributed by atoms with Crippen molar-refractivity contribution in [1.29, 1.82) is 0 Å². The lowest BCUT2D eigenvalue weighted by atomic mass is 10.2. The Kier molecular flexibility index (Phi) is 4.35. The summed E-state index contributed by atoms with van der Waals surface area (Å²) in [5, 5.41) is 13.7. The smallest absolute Gasteiger partial charge is 0.143 e. The zero-order chi connectivity index (χ0) is 13.8. The van der Waals surface area contributed by atoms with Crippen LogP contribution in [-0.4, -0.2) is 18.8 Å². The summed E-state index contributed by atoms with van der Waals surface area (Å²) in [6.07, 6.45) is 0.821. The molecule has 1 atom stereocenters. The van der Waals surface area contributed by atoms with Gasteiger partial charge in [0.2, 0.25) is 0 Å². The number of anilines is 1. The second-order valence-electron chi connectivity index (χ2n) is 4.21. The van der Waals surface area contributed by atoms with Crippen LogP contribution in [0.1, 0.15) is 17.4 Å². The van der Waals surface area contributed by atoms with E-state index in [1.807, 2.05) is 13.0 Å². The number of nitrogens with one attached hydrogen (secondary N) is 1. The summed E-state index contributed by atoms with van der Waals surface area (Å²) in [5.41, 5.74) is 1.73. The molecule has 0 amide bonds. The Labute approximate surface area is 117 Å². The predicted octanol–water partition coefficient (Wildman–Crippen LogP) is 3.40. The number of benzene rings is 1. The third-order valence-electron chi connectivity index (χ3n) is 2.84. The van der Waals surface area contributed by atoms with E-state index in [1.54, 1.807) is 25.3 Å². The maximum absolute atomic E-state index is 9.94. The van der Waals surface area contributed by atoms with Gasteiger partial charge in [-0.3, -0.25) is 0 Å². The summed E-state index contributed by atoms with van der Waals surface area (Å²) in [4.78, 5) is 0. The third kappa shape index (κ3) is 3.22. The highest BCUT2D eigenvalue weighted by Crippen LogP contribution is 2.31. The number of halogens is 1. The van der Waals surface area contributed by atoms with E-state index in [2.05, 4.69) is 5.32 Å². The van der Waals surface area contributed by atoms with Gasteiger partial charge in [0.1, 0.15) is 17.6 Å². The average molecular weight is 282 g/mol. The second-order valence-corrected chi connectivity index (χ2v) is 4.62. The van der Waals surface area contributed by atoms with E-state index in [0.29, 0.717) is 23.1 Å². The van der Waals surface area contributed by atoms with Gasteiger partial charge in [0.25, 0.3) is 0 Å². The van der Waals surface area contributed by atoms with Gasteiger partial charge < -0.3 is 19.6 Å². The van der Waals surface area contributed by atoms with Gasteiger partial charge in [0.15, 0.2) is 0 Å². The van der Waals surface area contributed by atoms with Crippen molar-refractivity contribution < 1.29 is 14.3 Å². The number of hydrogen-bond donors (Lipinski definition) is 2. The summed E-state index contributed by atoms with van der Waals surface area (Å²) >= 11 is 6.04. The van der Waals surface area contributed by atoms with Crippen LogP contribution >= 0.6 is 11.6 Å². The molecule has 0 spiro atoms. The second kappa shape index (κ2) is 5.99. The molecule has 102 valence electrons. The molecule has 19 heavy (non-hydrogen) atoms. The molecule has 0 saturated carbocycles. The Morgan fingerprint density at radius 3 is 2.89 bits per heavy atom. The monoisotopic (exact) mass is 281 g/mol. The van der Waals surface area contributed by atoms with Crippen molar-refractivity contribution in [2.75, 3.05) is 19.0 Å². The summed E-state index contributed by atoms with van der Waals surface area (Å²) in [6, 6.07) is 7.11. The molecule has 4 nitrogen and oxygen atoms in total. The third-order valence-corrected chi connectivity index (χ3v) is 3.25. The van der Waals surface area contributed by atoms with Crippen LogP contribution in [0.3, 0.4) is 0 Å². The molecule has 2 N–H and O–H groups in total. The van der Waals surface area contributed by atoms with Gasteiger partial charge in [-0.05, 0) is 30.7 Å².